The second-order valence-corrected chi connectivity index (χ2v) is 4.85. The van der Waals surface area contributed by atoms with Crippen molar-refractivity contribution in [2.75, 3.05) is 5.73 Å². The summed E-state index contributed by atoms with van der Waals surface area (Å²) in [5.41, 5.74) is 5.91. The molecule has 4 heteroatoms. The highest BCUT2D eigenvalue weighted by Crippen LogP contribution is 2.13. The van der Waals surface area contributed by atoms with Crippen LogP contribution in [-0.2, 0) is 4.79 Å². The summed E-state index contributed by atoms with van der Waals surface area (Å²) < 4.78 is 12.9. The third-order valence-electron chi connectivity index (χ3n) is 1.95. The fourth-order valence-electron chi connectivity index (χ4n) is 1.25. The number of carbonyl (C=O) groups is 1. The monoisotopic (exact) mass is 236 g/mol. The molecule has 0 bridgehead atoms. The van der Waals surface area contributed by atoms with Gasteiger partial charge in [-0.1, -0.05) is 6.07 Å². The Hall–Kier alpha value is -1.84. The lowest BCUT2D eigenvalue weighted by Gasteiger charge is -2.18. The van der Waals surface area contributed by atoms with E-state index in [0.29, 0.717) is 5.56 Å². The van der Waals surface area contributed by atoms with E-state index in [1.165, 1.54) is 18.2 Å². The standard InChI is InChI=1S/C13H17FN2O/c1-13(2,3)16-12(17)7-5-9-4-6-10(14)11(15)8-9/h4-8H,15H2,1-3H3,(H,16,17)/b7-5+. The number of benzene rings is 1. The maximum absolute atomic E-state index is 12.9. The van der Waals surface area contributed by atoms with E-state index in [2.05, 4.69) is 5.32 Å². The smallest absolute Gasteiger partial charge is 0.244 e. The molecule has 1 aromatic carbocycles. The number of halogens is 1. The quantitative estimate of drug-likeness (QED) is 0.611. The van der Waals surface area contributed by atoms with Gasteiger partial charge in [0.1, 0.15) is 5.82 Å². The molecular formula is C13H17FN2O. The Morgan fingerprint density at radius 1 is 1.41 bits per heavy atom. The van der Waals surface area contributed by atoms with Gasteiger partial charge in [0.05, 0.1) is 5.69 Å². The Kier molecular flexibility index (Phi) is 3.89. The summed E-state index contributed by atoms with van der Waals surface area (Å²) in [7, 11) is 0. The molecule has 0 unspecified atom stereocenters. The normalized spacial score (nSPS) is 11.8. The highest BCUT2D eigenvalue weighted by Gasteiger charge is 2.11. The summed E-state index contributed by atoms with van der Waals surface area (Å²) >= 11 is 0. The van der Waals surface area contributed by atoms with Gasteiger partial charge in [0.15, 0.2) is 0 Å². The minimum Gasteiger partial charge on any atom is -0.396 e. The Balaban J connectivity index is 2.71. The molecule has 3 N–H and O–H groups in total. The van der Waals surface area contributed by atoms with E-state index in [1.807, 2.05) is 20.8 Å². The SMILES string of the molecule is CC(C)(C)NC(=O)/C=C/c1ccc(F)c(N)c1. The molecule has 0 saturated carbocycles. The number of carbonyl (C=O) groups excluding carboxylic acids is 1. The van der Waals surface area contributed by atoms with Crippen molar-refractivity contribution in [2.24, 2.45) is 0 Å². The molecule has 0 atom stereocenters. The van der Waals surface area contributed by atoms with Crippen LogP contribution in [0.4, 0.5) is 10.1 Å². The first-order valence-electron chi connectivity index (χ1n) is 5.33. The minimum atomic E-state index is -0.457. The highest BCUT2D eigenvalue weighted by atomic mass is 19.1. The largest absolute Gasteiger partial charge is 0.396 e. The summed E-state index contributed by atoms with van der Waals surface area (Å²) in [6.07, 6.45) is 2.99. The van der Waals surface area contributed by atoms with Crippen molar-refractivity contribution in [3.8, 4) is 0 Å². The molecule has 92 valence electrons. The lowest BCUT2D eigenvalue weighted by atomic mass is 10.1. The zero-order valence-corrected chi connectivity index (χ0v) is 10.3. The van der Waals surface area contributed by atoms with Gasteiger partial charge < -0.3 is 11.1 Å². The van der Waals surface area contributed by atoms with Crippen molar-refractivity contribution in [1.82, 2.24) is 5.32 Å². The molecule has 1 rings (SSSR count). The van der Waals surface area contributed by atoms with Gasteiger partial charge >= 0.3 is 0 Å². The Morgan fingerprint density at radius 3 is 2.59 bits per heavy atom. The number of nitrogens with two attached hydrogens (primary N) is 1. The molecular weight excluding hydrogens is 219 g/mol. The fraction of sp³-hybridized carbons (Fsp3) is 0.308. The van der Waals surface area contributed by atoms with Gasteiger partial charge in [-0.3, -0.25) is 4.79 Å². The second kappa shape index (κ2) is 4.99. The van der Waals surface area contributed by atoms with Gasteiger partial charge in [-0.05, 0) is 44.5 Å². The predicted octanol–water partition coefficient (Wildman–Crippen LogP) is 2.34. The molecule has 0 heterocycles. The van der Waals surface area contributed by atoms with Gasteiger partial charge in [-0.25, -0.2) is 4.39 Å². The molecule has 0 fully saturated rings. The lowest BCUT2D eigenvalue weighted by molar-refractivity contribution is -0.117. The van der Waals surface area contributed by atoms with Crippen molar-refractivity contribution in [2.45, 2.75) is 26.3 Å². The zero-order chi connectivity index (χ0) is 13.1. The van der Waals surface area contributed by atoms with Gasteiger partial charge in [-0.2, -0.15) is 0 Å². The third kappa shape index (κ3) is 4.68. The van der Waals surface area contributed by atoms with E-state index in [9.17, 15) is 9.18 Å². The molecule has 3 nitrogen and oxygen atoms in total. The molecule has 0 aliphatic rings. The number of anilines is 1. The summed E-state index contributed by atoms with van der Waals surface area (Å²) in [4.78, 5) is 11.5. The van der Waals surface area contributed by atoms with E-state index in [0.717, 1.165) is 0 Å². The van der Waals surface area contributed by atoms with E-state index in [-0.39, 0.29) is 17.1 Å². The van der Waals surface area contributed by atoms with Gasteiger partial charge in [-0.15, -0.1) is 0 Å². The predicted molar refractivity (Wildman–Crippen MR) is 67.7 cm³/mol. The molecule has 0 spiro atoms. The number of hydrogen-bond donors (Lipinski definition) is 2. The Bertz CT molecular complexity index is 447. The van der Waals surface area contributed by atoms with E-state index in [1.54, 1.807) is 12.1 Å². The molecule has 1 aromatic rings. The summed E-state index contributed by atoms with van der Waals surface area (Å²) in [6.45, 7) is 5.69. The Morgan fingerprint density at radius 2 is 2.06 bits per heavy atom. The minimum absolute atomic E-state index is 0.0726. The molecule has 0 aliphatic carbocycles. The van der Waals surface area contributed by atoms with Crippen LogP contribution in [0, 0.1) is 5.82 Å². The van der Waals surface area contributed by atoms with Crippen molar-refractivity contribution in [1.29, 1.82) is 0 Å². The maximum Gasteiger partial charge on any atom is 0.244 e. The van der Waals surface area contributed by atoms with Crippen molar-refractivity contribution >= 4 is 17.7 Å². The van der Waals surface area contributed by atoms with Crippen LogP contribution in [0.5, 0.6) is 0 Å². The molecule has 1 amide bonds. The first-order valence-corrected chi connectivity index (χ1v) is 5.33. The lowest BCUT2D eigenvalue weighted by Crippen LogP contribution is -2.39. The van der Waals surface area contributed by atoms with Crippen LogP contribution in [-0.4, -0.2) is 11.4 Å². The van der Waals surface area contributed by atoms with Crippen molar-refractivity contribution in [3.63, 3.8) is 0 Å². The number of hydrogen-bond acceptors (Lipinski definition) is 2. The second-order valence-electron chi connectivity index (χ2n) is 4.85. The number of amides is 1. The zero-order valence-electron chi connectivity index (χ0n) is 10.3. The average molecular weight is 236 g/mol. The van der Waals surface area contributed by atoms with Crippen LogP contribution in [0.2, 0.25) is 0 Å². The Labute approximate surface area is 101 Å². The third-order valence-corrected chi connectivity index (χ3v) is 1.95. The van der Waals surface area contributed by atoms with Crippen LogP contribution in [0.25, 0.3) is 6.08 Å². The molecule has 0 aliphatic heterocycles. The fourth-order valence-corrected chi connectivity index (χ4v) is 1.25. The van der Waals surface area contributed by atoms with Crippen LogP contribution < -0.4 is 11.1 Å². The van der Waals surface area contributed by atoms with Gasteiger partial charge in [0.2, 0.25) is 5.91 Å². The molecule has 0 aromatic heterocycles. The average Bonchev–Trinajstić information content (AvgIpc) is 2.17. The molecule has 0 saturated heterocycles. The molecule has 17 heavy (non-hydrogen) atoms. The first kappa shape index (κ1) is 13.2. The summed E-state index contributed by atoms with van der Waals surface area (Å²) in [6, 6.07) is 4.32. The topological polar surface area (TPSA) is 55.1 Å². The van der Waals surface area contributed by atoms with Crippen LogP contribution >= 0.6 is 0 Å². The van der Waals surface area contributed by atoms with Crippen LogP contribution in [0.3, 0.4) is 0 Å². The van der Waals surface area contributed by atoms with Gasteiger partial charge in [0, 0.05) is 11.6 Å². The highest BCUT2D eigenvalue weighted by molar-refractivity contribution is 5.92. The van der Waals surface area contributed by atoms with E-state index < -0.39 is 5.82 Å². The summed E-state index contributed by atoms with van der Waals surface area (Å²) in [5, 5.41) is 2.78. The van der Waals surface area contributed by atoms with E-state index in [4.69, 9.17) is 5.73 Å². The van der Waals surface area contributed by atoms with E-state index >= 15 is 0 Å². The number of nitrogens with one attached hydrogen (secondary N) is 1. The number of rotatable bonds is 2. The van der Waals surface area contributed by atoms with Crippen molar-refractivity contribution in [3.05, 3.63) is 35.7 Å². The number of nitrogen functional groups attached to an aromatic ring is 1. The molecule has 0 radical (unpaired) electrons. The van der Waals surface area contributed by atoms with Crippen molar-refractivity contribution < 1.29 is 9.18 Å². The van der Waals surface area contributed by atoms with Crippen LogP contribution in [0.15, 0.2) is 24.3 Å². The van der Waals surface area contributed by atoms with Crippen LogP contribution in [0.1, 0.15) is 26.3 Å². The maximum atomic E-state index is 12.9. The first-order chi connectivity index (χ1) is 7.78. The van der Waals surface area contributed by atoms with Gasteiger partial charge in [0.25, 0.3) is 0 Å². The summed E-state index contributed by atoms with van der Waals surface area (Å²) in [5.74, 6) is -0.651.